The molecule has 0 aliphatic carbocycles. The number of nitrogens with zero attached hydrogens (tertiary/aromatic N) is 1. The summed E-state index contributed by atoms with van der Waals surface area (Å²) < 4.78 is 0. The highest BCUT2D eigenvalue weighted by Gasteiger charge is 2.21. The van der Waals surface area contributed by atoms with Crippen molar-refractivity contribution in [1.82, 2.24) is 5.32 Å². The first-order chi connectivity index (χ1) is 9.02. The minimum Gasteiger partial charge on any atom is -0.396 e. The molecule has 2 rings (SSSR count). The molecule has 0 atom stereocenters. The summed E-state index contributed by atoms with van der Waals surface area (Å²) in [5.74, 6) is 0. The van der Waals surface area contributed by atoms with Crippen LogP contribution in [0.3, 0.4) is 0 Å². The Labute approximate surface area is 113 Å². The molecule has 0 saturated carbocycles. The Bertz CT molecular complexity index is 443. The molecule has 0 aromatic heterocycles. The molecular weight excluding hydrogens is 242 g/mol. The van der Waals surface area contributed by atoms with Crippen LogP contribution in [0.5, 0.6) is 0 Å². The first-order valence-electron chi connectivity index (χ1n) is 6.52. The molecule has 1 aromatic carbocycles. The number of hydrogen-bond donors (Lipinski definition) is 3. The fourth-order valence-electron chi connectivity index (χ4n) is 1.87. The second-order valence-corrected chi connectivity index (χ2v) is 5.61. The van der Waals surface area contributed by atoms with Gasteiger partial charge in [-0.25, -0.2) is 4.79 Å². The van der Waals surface area contributed by atoms with Crippen LogP contribution < -0.4 is 15.5 Å². The lowest BCUT2D eigenvalue weighted by atomic mass is 9.95. The summed E-state index contributed by atoms with van der Waals surface area (Å²) in [6, 6.07) is 7.73. The van der Waals surface area contributed by atoms with Crippen LogP contribution in [-0.4, -0.2) is 37.4 Å². The number of nitrogens with one attached hydrogen (secondary N) is 2. The van der Waals surface area contributed by atoms with E-state index in [4.69, 9.17) is 0 Å². The molecule has 1 fully saturated rings. The lowest BCUT2D eigenvalue weighted by Gasteiger charge is -2.23. The van der Waals surface area contributed by atoms with E-state index >= 15 is 0 Å². The first kappa shape index (κ1) is 13.7. The van der Waals surface area contributed by atoms with E-state index in [1.165, 1.54) is 0 Å². The van der Waals surface area contributed by atoms with Gasteiger partial charge in [0, 0.05) is 43.0 Å². The van der Waals surface area contributed by atoms with Gasteiger partial charge >= 0.3 is 6.03 Å². The molecule has 19 heavy (non-hydrogen) atoms. The number of aliphatic hydroxyl groups excluding tert-OH is 1. The Balaban J connectivity index is 1.97. The Morgan fingerprint density at radius 3 is 2.58 bits per heavy atom. The van der Waals surface area contributed by atoms with Crippen molar-refractivity contribution in [3.05, 3.63) is 24.3 Å². The number of amides is 2. The van der Waals surface area contributed by atoms with Gasteiger partial charge in [0.15, 0.2) is 0 Å². The summed E-state index contributed by atoms with van der Waals surface area (Å²) in [6.45, 7) is 6.26. The second kappa shape index (κ2) is 5.48. The molecule has 0 bridgehead atoms. The lowest BCUT2D eigenvalue weighted by molar-refractivity contribution is 0.171. The minimum absolute atomic E-state index is 0.0397. The van der Waals surface area contributed by atoms with E-state index in [1.807, 2.05) is 38.1 Å². The number of carbonyl (C=O) groups is 1. The molecule has 1 heterocycles. The molecule has 1 aliphatic rings. The van der Waals surface area contributed by atoms with Gasteiger partial charge in [0.2, 0.25) is 0 Å². The standard InChI is InChI=1S/C14H21N3O2/c1-14(2,10-18)9-16-11-3-5-12(6-4-11)17-8-7-15-13(17)19/h3-6,16,18H,7-10H2,1-2H3,(H,15,19). The topological polar surface area (TPSA) is 64.6 Å². The molecule has 104 valence electrons. The van der Waals surface area contributed by atoms with E-state index in [2.05, 4.69) is 10.6 Å². The summed E-state index contributed by atoms with van der Waals surface area (Å²) in [5, 5.41) is 15.3. The Hall–Kier alpha value is -1.75. The monoisotopic (exact) mass is 263 g/mol. The van der Waals surface area contributed by atoms with Crippen LogP contribution in [0.1, 0.15) is 13.8 Å². The van der Waals surface area contributed by atoms with Gasteiger partial charge in [0.25, 0.3) is 0 Å². The van der Waals surface area contributed by atoms with Crippen molar-refractivity contribution in [3.63, 3.8) is 0 Å². The zero-order chi connectivity index (χ0) is 13.9. The van der Waals surface area contributed by atoms with Gasteiger partial charge in [-0.3, -0.25) is 4.90 Å². The van der Waals surface area contributed by atoms with Crippen LogP contribution in [0, 0.1) is 5.41 Å². The molecule has 5 heteroatoms. The van der Waals surface area contributed by atoms with Crippen molar-refractivity contribution in [2.45, 2.75) is 13.8 Å². The number of anilines is 2. The maximum absolute atomic E-state index is 11.5. The van der Waals surface area contributed by atoms with E-state index in [0.717, 1.165) is 11.4 Å². The molecule has 2 amide bonds. The normalized spacial score (nSPS) is 15.5. The summed E-state index contributed by atoms with van der Waals surface area (Å²) in [5.41, 5.74) is 1.75. The largest absolute Gasteiger partial charge is 0.396 e. The molecule has 0 spiro atoms. The van der Waals surface area contributed by atoms with E-state index in [1.54, 1.807) is 4.90 Å². The van der Waals surface area contributed by atoms with Crippen LogP contribution in [-0.2, 0) is 0 Å². The molecule has 1 aliphatic heterocycles. The minimum atomic E-state index is -0.145. The van der Waals surface area contributed by atoms with Crippen molar-refractivity contribution in [2.24, 2.45) is 5.41 Å². The highest BCUT2D eigenvalue weighted by Crippen LogP contribution is 2.21. The predicted octanol–water partition coefficient (Wildman–Crippen LogP) is 1.65. The summed E-state index contributed by atoms with van der Waals surface area (Å²) in [4.78, 5) is 13.3. The average Bonchev–Trinajstić information content (AvgIpc) is 2.83. The molecule has 3 N–H and O–H groups in total. The highest BCUT2D eigenvalue weighted by atomic mass is 16.3. The fourth-order valence-corrected chi connectivity index (χ4v) is 1.87. The van der Waals surface area contributed by atoms with Crippen molar-refractivity contribution in [2.75, 3.05) is 36.5 Å². The van der Waals surface area contributed by atoms with Crippen LogP contribution in [0.15, 0.2) is 24.3 Å². The highest BCUT2D eigenvalue weighted by molar-refractivity contribution is 5.94. The van der Waals surface area contributed by atoms with Gasteiger partial charge in [-0.05, 0) is 24.3 Å². The smallest absolute Gasteiger partial charge is 0.321 e. The quantitative estimate of drug-likeness (QED) is 0.757. The Morgan fingerprint density at radius 1 is 1.37 bits per heavy atom. The van der Waals surface area contributed by atoms with Gasteiger partial charge < -0.3 is 15.7 Å². The van der Waals surface area contributed by atoms with Gasteiger partial charge in [-0.1, -0.05) is 13.8 Å². The summed E-state index contributed by atoms with van der Waals surface area (Å²) in [7, 11) is 0. The Kier molecular flexibility index (Phi) is 3.95. The zero-order valence-corrected chi connectivity index (χ0v) is 11.4. The number of urea groups is 1. The molecule has 5 nitrogen and oxygen atoms in total. The van der Waals surface area contributed by atoms with Gasteiger partial charge in [0.1, 0.15) is 0 Å². The second-order valence-electron chi connectivity index (χ2n) is 5.61. The van der Waals surface area contributed by atoms with E-state index in [9.17, 15) is 9.90 Å². The van der Waals surface area contributed by atoms with Gasteiger partial charge in [-0.15, -0.1) is 0 Å². The molecule has 0 unspecified atom stereocenters. The third kappa shape index (κ3) is 3.38. The van der Waals surface area contributed by atoms with Crippen molar-refractivity contribution in [3.8, 4) is 0 Å². The Morgan fingerprint density at radius 2 is 2.05 bits per heavy atom. The summed E-state index contributed by atoms with van der Waals surface area (Å²) >= 11 is 0. The zero-order valence-electron chi connectivity index (χ0n) is 11.4. The SMILES string of the molecule is CC(C)(CO)CNc1ccc(N2CCNC2=O)cc1. The third-order valence-electron chi connectivity index (χ3n) is 3.23. The van der Waals surface area contributed by atoms with Crippen LogP contribution in [0.2, 0.25) is 0 Å². The fraction of sp³-hybridized carbons (Fsp3) is 0.500. The van der Waals surface area contributed by atoms with Gasteiger partial charge in [-0.2, -0.15) is 0 Å². The molecule has 1 aromatic rings. The van der Waals surface area contributed by atoms with Gasteiger partial charge in [0.05, 0.1) is 0 Å². The van der Waals surface area contributed by atoms with Crippen molar-refractivity contribution < 1.29 is 9.90 Å². The van der Waals surface area contributed by atoms with Crippen molar-refractivity contribution in [1.29, 1.82) is 0 Å². The van der Waals surface area contributed by atoms with E-state index in [-0.39, 0.29) is 18.1 Å². The molecule has 0 radical (unpaired) electrons. The maximum Gasteiger partial charge on any atom is 0.321 e. The number of benzene rings is 1. The number of rotatable bonds is 5. The van der Waals surface area contributed by atoms with Crippen LogP contribution >= 0.6 is 0 Å². The number of hydrogen-bond acceptors (Lipinski definition) is 3. The molecule has 1 saturated heterocycles. The third-order valence-corrected chi connectivity index (χ3v) is 3.23. The average molecular weight is 263 g/mol. The van der Waals surface area contributed by atoms with E-state index < -0.39 is 0 Å². The number of aliphatic hydroxyl groups is 1. The summed E-state index contributed by atoms with van der Waals surface area (Å²) in [6.07, 6.45) is 0. The number of carbonyl (C=O) groups excluding carboxylic acids is 1. The molecular formula is C14H21N3O2. The van der Waals surface area contributed by atoms with Crippen LogP contribution in [0.4, 0.5) is 16.2 Å². The predicted molar refractivity (Wildman–Crippen MR) is 76.5 cm³/mol. The maximum atomic E-state index is 11.5. The van der Waals surface area contributed by atoms with Crippen molar-refractivity contribution >= 4 is 17.4 Å². The lowest BCUT2D eigenvalue weighted by Crippen LogP contribution is -2.28. The van der Waals surface area contributed by atoms with Crippen LogP contribution in [0.25, 0.3) is 0 Å². The first-order valence-corrected chi connectivity index (χ1v) is 6.52. The van der Waals surface area contributed by atoms with E-state index in [0.29, 0.717) is 19.6 Å².